The first-order chi connectivity index (χ1) is 15.3. The van der Waals surface area contributed by atoms with Crippen molar-refractivity contribution in [2.45, 2.75) is 18.9 Å². The number of hydrogen-bond donors (Lipinski definition) is 2. The van der Waals surface area contributed by atoms with Gasteiger partial charge in [0.25, 0.3) is 11.2 Å². The molecule has 10 heteroatoms. The summed E-state index contributed by atoms with van der Waals surface area (Å²) in [6.45, 7) is 1.36. The molecule has 4 rings (SSSR count). The molecule has 1 saturated heterocycles. The van der Waals surface area contributed by atoms with E-state index in [0.29, 0.717) is 30.4 Å². The fourth-order valence-corrected chi connectivity index (χ4v) is 4.36. The van der Waals surface area contributed by atoms with Crippen molar-refractivity contribution in [3.05, 3.63) is 85.0 Å². The average Bonchev–Trinajstić information content (AvgIpc) is 2.79. The molecule has 0 amide bonds. The zero-order valence-corrected chi connectivity index (χ0v) is 17.1. The number of hydrogen-bond acceptors (Lipinski definition) is 6. The van der Waals surface area contributed by atoms with Crippen molar-refractivity contribution in [1.82, 2.24) is 14.5 Å². The molecule has 166 valence electrons. The van der Waals surface area contributed by atoms with Crippen molar-refractivity contribution in [2.75, 3.05) is 19.6 Å². The minimum absolute atomic E-state index is 0.0379. The number of H-pyrrole nitrogens is 1. The summed E-state index contributed by atoms with van der Waals surface area (Å²) in [6, 6.07) is 12.8. The Morgan fingerprint density at radius 2 is 1.84 bits per heavy atom. The molecule has 1 aliphatic rings. The lowest BCUT2D eigenvalue weighted by Gasteiger charge is -2.36. The Hall–Kier alpha value is -3.79. The Kier molecular flexibility index (Phi) is 5.87. The average molecular weight is 438 g/mol. The van der Waals surface area contributed by atoms with Crippen LogP contribution in [0.1, 0.15) is 17.9 Å². The molecule has 0 saturated carbocycles. The molecule has 2 heterocycles. The van der Waals surface area contributed by atoms with Crippen LogP contribution in [0, 0.1) is 16.0 Å². The summed E-state index contributed by atoms with van der Waals surface area (Å²) in [5, 5.41) is 21.1. The number of carboxylic acids is 1. The predicted molar refractivity (Wildman–Crippen MR) is 117 cm³/mol. The van der Waals surface area contributed by atoms with Crippen LogP contribution in [0.15, 0.2) is 58.1 Å². The van der Waals surface area contributed by atoms with Crippen molar-refractivity contribution in [3.8, 4) is 0 Å². The highest BCUT2D eigenvalue weighted by molar-refractivity contribution is 5.76. The van der Waals surface area contributed by atoms with E-state index in [1.165, 1.54) is 12.1 Å². The molecular weight excluding hydrogens is 416 g/mol. The van der Waals surface area contributed by atoms with E-state index in [-0.39, 0.29) is 30.3 Å². The fourth-order valence-electron chi connectivity index (χ4n) is 4.36. The van der Waals surface area contributed by atoms with Gasteiger partial charge in [-0.15, -0.1) is 0 Å². The summed E-state index contributed by atoms with van der Waals surface area (Å²) in [5.74, 6) is -1.91. The molecule has 1 fully saturated rings. The number of nitro groups is 1. The Morgan fingerprint density at radius 1 is 1.12 bits per heavy atom. The highest BCUT2D eigenvalue weighted by atomic mass is 16.6. The molecule has 2 atom stereocenters. The zero-order valence-electron chi connectivity index (χ0n) is 17.1. The van der Waals surface area contributed by atoms with Gasteiger partial charge in [-0.3, -0.25) is 24.3 Å². The van der Waals surface area contributed by atoms with Crippen molar-refractivity contribution >= 4 is 22.6 Å². The maximum Gasteiger partial charge on any atom is 0.328 e. The van der Waals surface area contributed by atoms with Crippen LogP contribution in [0.5, 0.6) is 0 Å². The normalized spacial score (nSPS) is 19.1. The lowest BCUT2D eigenvalue weighted by Crippen LogP contribution is -2.46. The number of aromatic amines is 1. The molecule has 0 aliphatic carbocycles. The van der Waals surface area contributed by atoms with Gasteiger partial charge in [0.05, 0.1) is 21.7 Å². The molecule has 10 nitrogen and oxygen atoms in total. The largest absolute Gasteiger partial charge is 0.481 e. The van der Waals surface area contributed by atoms with Crippen LogP contribution in [-0.2, 0) is 11.3 Å². The lowest BCUT2D eigenvalue weighted by atomic mass is 9.80. The van der Waals surface area contributed by atoms with Gasteiger partial charge in [0.2, 0.25) is 0 Å². The Bertz CT molecular complexity index is 1280. The molecule has 0 spiro atoms. The number of nitro benzene ring substituents is 1. The Morgan fingerprint density at radius 3 is 2.53 bits per heavy atom. The summed E-state index contributed by atoms with van der Waals surface area (Å²) < 4.78 is 1.14. The van der Waals surface area contributed by atoms with Crippen LogP contribution >= 0.6 is 0 Å². The van der Waals surface area contributed by atoms with Gasteiger partial charge in [0, 0.05) is 31.8 Å². The van der Waals surface area contributed by atoms with Gasteiger partial charge in [-0.05, 0) is 36.6 Å². The maximum atomic E-state index is 12.7. The van der Waals surface area contributed by atoms with Gasteiger partial charge in [-0.1, -0.05) is 24.3 Å². The van der Waals surface area contributed by atoms with E-state index in [9.17, 15) is 29.6 Å². The van der Waals surface area contributed by atoms with Crippen molar-refractivity contribution in [2.24, 2.45) is 5.92 Å². The molecule has 3 aromatic rings. The summed E-state index contributed by atoms with van der Waals surface area (Å²) in [4.78, 5) is 52.0. The van der Waals surface area contributed by atoms with Crippen LogP contribution in [0.25, 0.3) is 10.9 Å². The van der Waals surface area contributed by atoms with Gasteiger partial charge in [0.15, 0.2) is 0 Å². The second kappa shape index (κ2) is 8.75. The number of aromatic nitrogens is 2. The minimum Gasteiger partial charge on any atom is -0.481 e. The topological polar surface area (TPSA) is 139 Å². The van der Waals surface area contributed by atoms with E-state index in [2.05, 4.69) is 4.98 Å². The van der Waals surface area contributed by atoms with Crippen LogP contribution in [0.2, 0.25) is 0 Å². The third-order valence-corrected chi connectivity index (χ3v) is 6.08. The second-order valence-electron chi connectivity index (χ2n) is 7.92. The van der Waals surface area contributed by atoms with E-state index in [1.807, 2.05) is 4.90 Å². The minimum atomic E-state index is -0.946. The number of carboxylic acid groups (broad SMARTS) is 1. The molecule has 32 heavy (non-hydrogen) atoms. The summed E-state index contributed by atoms with van der Waals surface area (Å²) in [5.41, 5.74) is 0.326. The number of nitrogens with zero attached hydrogens (tertiary/aromatic N) is 3. The number of benzene rings is 2. The number of non-ortho nitro benzene ring substituents is 1. The molecule has 0 bridgehead atoms. The highest BCUT2D eigenvalue weighted by Gasteiger charge is 2.35. The van der Waals surface area contributed by atoms with Gasteiger partial charge >= 0.3 is 11.7 Å². The van der Waals surface area contributed by atoms with Gasteiger partial charge < -0.3 is 15.0 Å². The molecule has 2 aromatic carbocycles. The van der Waals surface area contributed by atoms with Gasteiger partial charge in [-0.2, -0.15) is 0 Å². The summed E-state index contributed by atoms with van der Waals surface area (Å²) in [6.07, 6.45) is 0.553. The lowest BCUT2D eigenvalue weighted by molar-refractivity contribution is -0.384. The van der Waals surface area contributed by atoms with Gasteiger partial charge in [0.1, 0.15) is 0 Å². The first-order valence-electron chi connectivity index (χ1n) is 10.3. The summed E-state index contributed by atoms with van der Waals surface area (Å²) in [7, 11) is 0. The second-order valence-corrected chi connectivity index (χ2v) is 7.92. The molecular formula is C22H22N4O6. The third kappa shape index (κ3) is 4.17. The van der Waals surface area contributed by atoms with E-state index in [0.717, 1.165) is 10.1 Å². The van der Waals surface area contributed by atoms with Gasteiger partial charge in [-0.25, -0.2) is 4.79 Å². The van der Waals surface area contributed by atoms with Crippen molar-refractivity contribution in [3.63, 3.8) is 0 Å². The number of carbonyl (C=O) groups is 1. The van der Waals surface area contributed by atoms with E-state index >= 15 is 0 Å². The predicted octanol–water partition coefficient (Wildman–Crippen LogP) is 1.79. The highest BCUT2D eigenvalue weighted by Crippen LogP contribution is 2.34. The molecule has 2 unspecified atom stereocenters. The fraction of sp³-hybridized carbons (Fsp3) is 0.318. The van der Waals surface area contributed by atoms with Crippen molar-refractivity contribution in [1.29, 1.82) is 0 Å². The smallest absolute Gasteiger partial charge is 0.328 e. The first kappa shape index (κ1) is 21.4. The quantitative estimate of drug-likeness (QED) is 0.442. The number of fused-ring (bicyclic) bond motifs is 1. The molecule has 0 radical (unpaired) electrons. The van der Waals surface area contributed by atoms with Crippen LogP contribution in [-0.4, -0.2) is 50.1 Å². The van der Waals surface area contributed by atoms with Crippen LogP contribution in [0.3, 0.4) is 0 Å². The number of aliphatic carboxylic acids is 1. The summed E-state index contributed by atoms with van der Waals surface area (Å²) >= 11 is 0. The zero-order chi connectivity index (χ0) is 22.8. The third-order valence-electron chi connectivity index (χ3n) is 6.08. The van der Waals surface area contributed by atoms with Crippen molar-refractivity contribution < 1.29 is 14.8 Å². The number of nitrogens with one attached hydrogen (secondary N) is 1. The monoisotopic (exact) mass is 438 g/mol. The first-order valence-corrected chi connectivity index (χ1v) is 10.3. The number of piperidine rings is 1. The molecule has 1 aliphatic heterocycles. The Labute approximate surface area is 181 Å². The van der Waals surface area contributed by atoms with E-state index in [4.69, 9.17) is 0 Å². The number of likely N-dealkylation sites (tertiary alicyclic amines) is 1. The SMILES string of the molecule is O=C(O)C1CN(CCn2c(=O)[nH]c3ccccc3c2=O)CCC1c1ccc([N+](=O)[O-])cc1. The Balaban J connectivity index is 1.49. The van der Waals surface area contributed by atoms with E-state index < -0.39 is 22.5 Å². The van der Waals surface area contributed by atoms with Crippen LogP contribution < -0.4 is 11.2 Å². The molecule has 2 N–H and O–H groups in total. The van der Waals surface area contributed by atoms with E-state index in [1.54, 1.807) is 36.4 Å². The maximum absolute atomic E-state index is 12.7. The standard InChI is InChI=1S/C22H22N4O6/c27-20-17-3-1-2-4-19(17)23-22(30)25(20)12-11-24-10-9-16(18(13-24)21(28)29)14-5-7-15(8-6-14)26(31)32/h1-8,16,18H,9-13H2,(H,23,30)(H,28,29). The molecule has 1 aromatic heterocycles. The number of para-hydroxylation sites is 1. The number of rotatable bonds is 6. The van der Waals surface area contributed by atoms with Crippen LogP contribution in [0.4, 0.5) is 5.69 Å².